The molecule has 2 rings (SSSR count). The van der Waals surface area contributed by atoms with Gasteiger partial charge in [0.2, 0.25) is 0 Å². The number of hydrogen-bond acceptors (Lipinski definition) is 2. The molecule has 0 fully saturated rings. The molecule has 19 heavy (non-hydrogen) atoms. The SMILES string of the molecule is O=C(NCc1ncccc1F)c1ccc(Cl)c(Cl)c1. The number of hydrogen-bond donors (Lipinski definition) is 1. The van der Waals surface area contributed by atoms with Crippen LogP contribution in [-0.4, -0.2) is 10.9 Å². The van der Waals surface area contributed by atoms with Gasteiger partial charge in [0.05, 0.1) is 22.3 Å². The maximum atomic E-state index is 13.3. The molecule has 1 aromatic heterocycles. The van der Waals surface area contributed by atoms with Gasteiger partial charge in [-0.15, -0.1) is 0 Å². The standard InChI is InChI=1S/C13H9Cl2FN2O/c14-9-4-3-8(6-10(9)15)13(19)18-7-12-11(16)2-1-5-17-12/h1-6H,7H2,(H,18,19). The number of pyridine rings is 1. The Hall–Kier alpha value is -1.65. The largest absolute Gasteiger partial charge is 0.346 e. The lowest BCUT2D eigenvalue weighted by molar-refractivity contribution is 0.0950. The van der Waals surface area contributed by atoms with E-state index in [2.05, 4.69) is 10.3 Å². The van der Waals surface area contributed by atoms with Crippen molar-refractivity contribution in [3.63, 3.8) is 0 Å². The molecule has 1 N–H and O–H groups in total. The van der Waals surface area contributed by atoms with Crippen LogP contribution in [0.15, 0.2) is 36.5 Å². The van der Waals surface area contributed by atoms with Gasteiger partial charge in [0, 0.05) is 11.8 Å². The molecule has 0 unspecified atom stereocenters. The fraction of sp³-hybridized carbons (Fsp3) is 0.0769. The zero-order chi connectivity index (χ0) is 13.8. The minimum absolute atomic E-state index is 0.00571. The molecule has 0 aliphatic carbocycles. The normalized spacial score (nSPS) is 10.3. The van der Waals surface area contributed by atoms with Crippen molar-refractivity contribution in [1.29, 1.82) is 0 Å². The van der Waals surface area contributed by atoms with E-state index in [1.54, 1.807) is 6.07 Å². The lowest BCUT2D eigenvalue weighted by Gasteiger charge is -2.06. The fourth-order valence-corrected chi connectivity index (χ4v) is 1.75. The average Bonchev–Trinajstić information content (AvgIpc) is 2.40. The monoisotopic (exact) mass is 298 g/mol. The molecule has 0 radical (unpaired) electrons. The summed E-state index contributed by atoms with van der Waals surface area (Å²) in [7, 11) is 0. The van der Waals surface area contributed by atoms with Gasteiger partial charge in [-0.25, -0.2) is 4.39 Å². The van der Waals surface area contributed by atoms with Crippen LogP contribution in [0.1, 0.15) is 16.1 Å². The van der Waals surface area contributed by atoms with Crippen molar-refractivity contribution in [3.05, 3.63) is 63.6 Å². The summed E-state index contributed by atoms with van der Waals surface area (Å²) < 4.78 is 13.3. The molecule has 0 bridgehead atoms. The molecule has 1 heterocycles. The Morgan fingerprint density at radius 3 is 2.74 bits per heavy atom. The topological polar surface area (TPSA) is 42.0 Å². The first-order valence-electron chi connectivity index (χ1n) is 5.40. The van der Waals surface area contributed by atoms with Crippen molar-refractivity contribution in [1.82, 2.24) is 10.3 Å². The third-order valence-electron chi connectivity index (χ3n) is 2.43. The summed E-state index contributed by atoms with van der Waals surface area (Å²) in [5, 5.41) is 3.22. The molecular weight excluding hydrogens is 290 g/mol. The molecule has 6 heteroatoms. The van der Waals surface area contributed by atoms with E-state index in [0.717, 1.165) is 0 Å². The van der Waals surface area contributed by atoms with Crippen molar-refractivity contribution in [2.45, 2.75) is 6.54 Å². The molecule has 2 aromatic rings. The van der Waals surface area contributed by atoms with Gasteiger partial charge in [-0.05, 0) is 30.3 Å². The van der Waals surface area contributed by atoms with Gasteiger partial charge in [-0.2, -0.15) is 0 Å². The van der Waals surface area contributed by atoms with E-state index in [9.17, 15) is 9.18 Å². The second-order valence-electron chi connectivity index (χ2n) is 3.74. The number of carbonyl (C=O) groups is 1. The van der Waals surface area contributed by atoms with Crippen LogP contribution < -0.4 is 5.32 Å². The number of halogens is 3. The lowest BCUT2D eigenvalue weighted by Crippen LogP contribution is -2.23. The third kappa shape index (κ3) is 3.43. The Morgan fingerprint density at radius 2 is 2.05 bits per heavy atom. The molecule has 0 saturated heterocycles. The summed E-state index contributed by atoms with van der Waals surface area (Å²) in [4.78, 5) is 15.7. The highest BCUT2D eigenvalue weighted by atomic mass is 35.5. The minimum atomic E-state index is -0.461. The first-order chi connectivity index (χ1) is 9.08. The number of nitrogens with one attached hydrogen (secondary N) is 1. The Bertz CT molecular complexity index is 619. The fourth-order valence-electron chi connectivity index (χ4n) is 1.45. The Kier molecular flexibility index (Phi) is 4.35. The van der Waals surface area contributed by atoms with E-state index in [0.29, 0.717) is 15.6 Å². The highest BCUT2D eigenvalue weighted by molar-refractivity contribution is 6.42. The summed E-state index contributed by atoms with van der Waals surface area (Å²) in [6.45, 7) is 0.00571. The van der Waals surface area contributed by atoms with Gasteiger partial charge < -0.3 is 5.32 Å². The van der Waals surface area contributed by atoms with Crippen molar-refractivity contribution in [3.8, 4) is 0 Å². The van der Waals surface area contributed by atoms with Crippen molar-refractivity contribution >= 4 is 29.1 Å². The maximum absolute atomic E-state index is 13.3. The van der Waals surface area contributed by atoms with Gasteiger partial charge >= 0.3 is 0 Å². The first-order valence-corrected chi connectivity index (χ1v) is 6.16. The molecular formula is C13H9Cl2FN2O. The van der Waals surface area contributed by atoms with Gasteiger partial charge in [0.15, 0.2) is 0 Å². The summed E-state index contributed by atoms with van der Waals surface area (Å²) in [5.41, 5.74) is 0.529. The Labute approximate surface area is 119 Å². The summed E-state index contributed by atoms with van der Waals surface area (Å²) >= 11 is 11.6. The van der Waals surface area contributed by atoms with E-state index < -0.39 is 5.82 Å². The van der Waals surface area contributed by atoms with E-state index in [1.807, 2.05) is 0 Å². The zero-order valence-corrected chi connectivity index (χ0v) is 11.2. The van der Waals surface area contributed by atoms with Crippen LogP contribution in [0.25, 0.3) is 0 Å². The number of nitrogens with zero attached hydrogens (tertiary/aromatic N) is 1. The van der Waals surface area contributed by atoms with Crippen LogP contribution in [0.2, 0.25) is 10.0 Å². The van der Waals surface area contributed by atoms with Gasteiger partial charge in [-0.1, -0.05) is 23.2 Å². The number of benzene rings is 1. The molecule has 0 spiro atoms. The third-order valence-corrected chi connectivity index (χ3v) is 3.17. The highest BCUT2D eigenvalue weighted by Gasteiger charge is 2.09. The molecule has 1 amide bonds. The minimum Gasteiger partial charge on any atom is -0.346 e. The van der Waals surface area contributed by atoms with E-state index in [4.69, 9.17) is 23.2 Å². The summed E-state index contributed by atoms with van der Waals surface area (Å²) in [5.74, 6) is -0.833. The van der Waals surface area contributed by atoms with Crippen molar-refractivity contribution < 1.29 is 9.18 Å². The van der Waals surface area contributed by atoms with Crippen molar-refractivity contribution in [2.75, 3.05) is 0 Å². The van der Waals surface area contributed by atoms with E-state index >= 15 is 0 Å². The molecule has 0 saturated carbocycles. The maximum Gasteiger partial charge on any atom is 0.251 e. The molecule has 1 aromatic carbocycles. The van der Waals surface area contributed by atoms with Crippen LogP contribution in [0.3, 0.4) is 0 Å². The van der Waals surface area contributed by atoms with E-state index in [-0.39, 0.29) is 18.1 Å². The van der Waals surface area contributed by atoms with Crippen LogP contribution in [0.4, 0.5) is 4.39 Å². The predicted molar refractivity (Wildman–Crippen MR) is 71.8 cm³/mol. The molecule has 3 nitrogen and oxygen atoms in total. The van der Waals surface area contributed by atoms with Gasteiger partial charge in [-0.3, -0.25) is 9.78 Å². The van der Waals surface area contributed by atoms with Crippen LogP contribution in [0, 0.1) is 5.82 Å². The molecule has 0 aliphatic heterocycles. The predicted octanol–water partition coefficient (Wildman–Crippen LogP) is 3.46. The van der Waals surface area contributed by atoms with Crippen molar-refractivity contribution in [2.24, 2.45) is 0 Å². The Balaban J connectivity index is 2.05. The summed E-state index contributed by atoms with van der Waals surface area (Å²) in [6.07, 6.45) is 1.46. The molecule has 98 valence electrons. The smallest absolute Gasteiger partial charge is 0.251 e. The Morgan fingerprint density at radius 1 is 1.26 bits per heavy atom. The van der Waals surface area contributed by atoms with Crippen LogP contribution >= 0.6 is 23.2 Å². The van der Waals surface area contributed by atoms with Gasteiger partial charge in [0.1, 0.15) is 5.82 Å². The second kappa shape index (κ2) is 5.99. The second-order valence-corrected chi connectivity index (χ2v) is 4.56. The summed E-state index contributed by atoms with van der Waals surface area (Å²) in [6, 6.07) is 7.29. The number of rotatable bonds is 3. The van der Waals surface area contributed by atoms with Crippen LogP contribution in [-0.2, 0) is 6.54 Å². The number of aromatic nitrogens is 1. The molecule has 0 aliphatic rings. The zero-order valence-electron chi connectivity index (χ0n) is 9.66. The number of amides is 1. The quantitative estimate of drug-likeness (QED) is 0.943. The average molecular weight is 299 g/mol. The highest BCUT2D eigenvalue weighted by Crippen LogP contribution is 2.22. The van der Waals surface area contributed by atoms with E-state index in [1.165, 1.54) is 30.5 Å². The number of carbonyl (C=O) groups excluding carboxylic acids is 1. The van der Waals surface area contributed by atoms with Gasteiger partial charge in [0.25, 0.3) is 5.91 Å². The lowest BCUT2D eigenvalue weighted by atomic mass is 10.2. The first kappa shape index (κ1) is 13.8. The molecule has 0 atom stereocenters. The van der Waals surface area contributed by atoms with Crippen LogP contribution in [0.5, 0.6) is 0 Å².